The number of nitrogens with one attached hydrogen (secondary N) is 1. The van der Waals surface area contributed by atoms with Crippen molar-refractivity contribution in [2.45, 2.75) is 24.5 Å². The third-order valence-corrected chi connectivity index (χ3v) is 4.72. The minimum Gasteiger partial charge on any atom is -0.381 e. The maximum Gasteiger partial charge on any atom is 0.251 e. The van der Waals surface area contributed by atoms with Crippen molar-refractivity contribution in [3.63, 3.8) is 0 Å². The topological polar surface area (TPSA) is 50.8 Å². The van der Waals surface area contributed by atoms with Gasteiger partial charge in [-0.2, -0.15) is 0 Å². The number of nitrogens with zero attached hydrogens (tertiary/aromatic N) is 1. The highest BCUT2D eigenvalue weighted by Crippen LogP contribution is 2.34. The molecule has 0 aromatic heterocycles. The molecule has 1 aromatic rings. The van der Waals surface area contributed by atoms with Crippen molar-refractivity contribution in [2.75, 3.05) is 40.0 Å². The summed E-state index contributed by atoms with van der Waals surface area (Å²) >= 11 is 0. The molecule has 2 heterocycles. The van der Waals surface area contributed by atoms with E-state index < -0.39 is 23.3 Å². The fourth-order valence-corrected chi connectivity index (χ4v) is 3.31. The van der Waals surface area contributed by atoms with Crippen LogP contribution in [-0.4, -0.2) is 56.9 Å². The lowest BCUT2D eigenvalue weighted by molar-refractivity contribution is -0.141. The number of rotatable bonds is 3. The zero-order valence-electron chi connectivity index (χ0n) is 13.7. The first kappa shape index (κ1) is 17.3. The standard InChI is InChI=1S/C17H22F2N2O3/c1-21-6-9-24-15(11-21)16(22)20-17(4-7-23-8-5-17)13-3-2-12(18)10-14(13)19/h2-3,10,15H,4-9,11H2,1H3,(H,20,22)/t15-/m1/s1. The highest BCUT2D eigenvalue weighted by molar-refractivity contribution is 5.82. The summed E-state index contributed by atoms with van der Waals surface area (Å²) in [7, 11) is 1.92. The summed E-state index contributed by atoms with van der Waals surface area (Å²) in [6.45, 7) is 2.56. The second kappa shape index (κ2) is 7.13. The van der Waals surface area contributed by atoms with Crippen LogP contribution in [0.25, 0.3) is 0 Å². The van der Waals surface area contributed by atoms with Crippen LogP contribution in [0.4, 0.5) is 8.78 Å². The van der Waals surface area contributed by atoms with Gasteiger partial charge in [-0.1, -0.05) is 6.07 Å². The Labute approximate surface area is 139 Å². The molecule has 0 radical (unpaired) electrons. The summed E-state index contributed by atoms with van der Waals surface area (Å²) in [6.07, 6.45) is 0.278. The Morgan fingerprint density at radius 1 is 1.29 bits per heavy atom. The molecule has 1 atom stereocenters. The number of halogens is 2. The van der Waals surface area contributed by atoms with Crippen LogP contribution in [0.1, 0.15) is 18.4 Å². The molecule has 7 heteroatoms. The van der Waals surface area contributed by atoms with Gasteiger partial charge in [-0.05, 0) is 26.0 Å². The van der Waals surface area contributed by atoms with Gasteiger partial charge >= 0.3 is 0 Å². The highest BCUT2D eigenvalue weighted by Gasteiger charge is 2.40. The summed E-state index contributed by atoms with van der Waals surface area (Å²) in [4.78, 5) is 14.7. The van der Waals surface area contributed by atoms with Gasteiger partial charge in [0.2, 0.25) is 0 Å². The first-order chi connectivity index (χ1) is 11.5. The number of carbonyl (C=O) groups excluding carboxylic acids is 1. The van der Waals surface area contributed by atoms with Gasteiger partial charge in [0.1, 0.15) is 17.7 Å². The Hall–Kier alpha value is -1.57. The molecule has 132 valence electrons. The molecule has 2 aliphatic heterocycles. The first-order valence-corrected chi connectivity index (χ1v) is 8.16. The van der Waals surface area contributed by atoms with Gasteiger partial charge < -0.3 is 19.7 Å². The van der Waals surface area contributed by atoms with Crippen molar-refractivity contribution in [3.8, 4) is 0 Å². The summed E-state index contributed by atoms with van der Waals surface area (Å²) in [5.41, 5.74) is -0.600. The zero-order chi connectivity index (χ0) is 17.2. The largest absolute Gasteiger partial charge is 0.381 e. The molecule has 0 unspecified atom stereocenters. The Bertz CT molecular complexity index is 605. The van der Waals surface area contributed by atoms with Gasteiger partial charge in [-0.15, -0.1) is 0 Å². The van der Waals surface area contributed by atoms with Crippen LogP contribution in [0.3, 0.4) is 0 Å². The Balaban J connectivity index is 1.84. The van der Waals surface area contributed by atoms with Crippen LogP contribution >= 0.6 is 0 Å². The normalized spacial score (nSPS) is 24.5. The molecule has 0 aliphatic carbocycles. The van der Waals surface area contributed by atoms with Gasteiger partial charge in [-0.25, -0.2) is 8.78 Å². The van der Waals surface area contributed by atoms with E-state index in [0.717, 1.165) is 12.6 Å². The predicted octanol–water partition coefficient (Wildman–Crippen LogP) is 1.42. The van der Waals surface area contributed by atoms with E-state index in [9.17, 15) is 13.6 Å². The lowest BCUT2D eigenvalue weighted by Crippen LogP contribution is -2.56. The minimum absolute atomic E-state index is 0.271. The van der Waals surface area contributed by atoms with Crippen LogP contribution < -0.4 is 5.32 Å². The number of carbonyl (C=O) groups is 1. The molecule has 0 spiro atoms. The van der Waals surface area contributed by atoms with Crippen LogP contribution in [0.2, 0.25) is 0 Å². The predicted molar refractivity (Wildman–Crippen MR) is 83.5 cm³/mol. The van der Waals surface area contributed by atoms with Crippen molar-refractivity contribution in [3.05, 3.63) is 35.4 Å². The van der Waals surface area contributed by atoms with Crippen molar-refractivity contribution >= 4 is 5.91 Å². The second-order valence-corrected chi connectivity index (χ2v) is 6.43. The molecule has 0 saturated carbocycles. The molecule has 1 aromatic carbocycles. The van der Waals surface area contributed by atoms with E-state index >= 15 is 0 Å². The molecule has 2 saturated heterocycles. The summed E-state index contributed by atoms with van der Waals surface area (Å²) in [6, 6.07) is 3.47. The number of likely N-dealkylation sites (N-methyl/N-ethyl adjacent to an activating group) is 1. The number of amides is 1. The minimum atomic E-state index is -0.896. The summed E-state index contributed by atoms with van der Waals surface area (Å²) in [5.74, 6) is -1.56. The highest BCUT2D eigenvalue weighted by atomic mass is 19.1. The van der Waals surface area contributed by atoms with Gasteiger partial charge in [0, 0.05) is 37.9 Å². The average molecular weight is 340 g/mol. The molecule has 24 heavy (non-hydrogen) atoms. The van der Waals surface area contributed by atoms with Crippen molar-refractivity contribution in [1.82, 2.24) is 10.2 Å². The molecule has 0 bridgehead atoms. The van der Waals surface area contributed by atoms with Crippen LogP contribution in [0.5, 0.6) is 0 Å². The van der Waals surface area contributed by atoms with E-state index in [0.29, 0.717) is 44.8 Å². The van der Waals surface area contributed by atoms with Gasteiger partial charge in [-0.3, -0.25) is 4.79 Å². The zero-order valence-corrected chi connectivity index (χ0v) is 13.7. The van der Waals surface area contributed by atoms with E-state index in [1.165, 1.54) is 12.1 Å². The lowest BCUT2D eigenvalue weighted by Gasteiger charge is -2.40. The van der Waals surface area contributed by atoms with Crippen LogP contribution in [0, 0.1) is 11.6 Å². The van der Waals surface area contributed by atoms with Gasteiger partial charge in [0.15, 0.2) is 0 Å². The molecule has 3 rings (SSSR count). The van der Waals surface area contributed by atoms with Gasteiger partial charge in [0.25, 0.3) is 5.91 Å². The molecule has 2 fully saturated rings. The second-order valence-electron chi connectivity index (χ2n) is 6.43. The SMILES string of the molecule is CN1CCO[C@@H](C(=O)NC2(c3ccc(F)cc3F)CCOCC2)C1. The quantitative estimate of drug-likeness (QED) is 0.904. The maximum absolute atomic E-state index is 14.4. The van der Waals surface area contributed by atoms with Crippen LogP contribution in [0.15, 0.2) is 18.2 Å². The monoisotopic (exact) mass is 340 g/mol. The molecular formula is C17H22F2N2O3. The fourth-order valence-electron chi connectivity index (χ4n) is 3.31. The third-order valence-electron chi connectivity index (χ3n) is 4.72. The summed E-state index contributed by atoms with van der Waals surface area (Å²) < 4.78 is 38.5. The molecule has 5 nitrogen and oxygen atoms in total. The van der Waals surface area contributed by atoms with Crippen LogP contribution in [-0.2, 0) is 19.8 Å². The smallest absolute Gasteiger partial charge is 0.251 e. The Morgan fingerprint density at radius 2 is 2.04 bits per heavy atom. The number of ether oxygens (including phenoxy) is 2. The molecule has 2 aliphatic rings. The fraction of sp³-hybridized carbons (Fsp3) is 0.588. The van der Waals surface area contributed by atoms with E-state index in [4.69, 9.17) is 9.47 Å². The molecule has 1 amide bonds. The van der Waals surface area contributed by atoms with E-state index in [1.54, 1.807) is 0 Å². The Kier molecular flexibility index (Phi) is 5.12. The van der Waals surface area contributed by atoms with Crippen molar-refractivity contribution in [2.24, 2.45) is 0 Å². The van der Waals surface area contributed by atoms with Crippen molar-refractivity contribution in [1.29, 1.82) is 0 Å². The maximum atomic E-state index is 14.4. The molecular weight excluding hydrogens is 318 g/mol. The van der Waals surface area contributed by atoms with Gasteiger partial charge in [0.05, 0.1) is 12.1 Å². The summed E-state index contributed by atoms with van der Waals surface area (Å²) in [5, 5.41) is 2.97. The number of hydrogen-bond donors (Lipinski definition) is 1. The third kappa shape index (κ3) is 3.58. The van der Waals surface area contributed by atoms with E-state index in [-0.39, 0.29) is 5.91 Å². The average Bonchev–Trinajstić information content (AvgIpc) is 2.55. The van der Waals surface area contributed by atoms with Crippen molar-refractivity contribution < 1.29 is 23.0 Å². The molecule has 1 N–H and O–H groups in total. The number of morpholine rings is 1. The number of benzene rings is 1. The van der Waals surface area contributed by atoms with E-state index in [1.807, 2.05) is 11.9 Å². The lowest BCUT2D eigenvalue weighted by atomic mass is 9.82. The Morgan fingerprint density at radius 3 is 2.71 bits per heavy atom. The first-order valence-electron chi connectivity index (χ1n) is 8.16. The number of hydrogen-bond acceptors (Lipinski definition) is 4. The van der Waals surface area contributed by atoms with E-state index in [2.05, 4.69) is 5.32 Å².